The number of ether oxygens (including phenoxy) is 1. The van der Waals surface area contributed by atoms with Gasteiger partial charge in [-0.15, -0.1) is 11.3 Å². The van der Waals surface area contributed by atoms with Crippen LogP contribution in [0, 0.1) is 13.8 Å². The van der Waals surface area contributed by atoms with Gasteiger partial charge in [-0.2, -0.15) is 0 Å². The topological polar surface area (TPSA) is 94.6 Å². The van der Waals surface area contributed by atoms with E-state index in [1.165, 1.54) is 11.3 Å². The highest BCUT2D eigenvalue weighted by Crippen LogP contribution is 2.34. The number of anilines is 1. The number of nitrogens with two attached hydrogens (primary N) is 1. The summed E-state index contributed by atoms with van der Waals surface area (Å²) in [5, 5.41) is 4.01. The molecule has 2 aromatic heterocycles. The number of fused-ring (bicyclic) bond motifs is 1. The smallest absolute Gasteiger partial charge is 0.292 e. The molecule has 3 N–H and O–H groups in total. The van der Waals surface area contributed by atoms with Crippen molar-refractivity contribution in [1.82, 2.24) is 0 Å². The van der Waals surface area contributed by atoms with Crippen LogP contribution in [0.2, 0.25) is 0 Å². The number of amides is 2. The predicted molar refractivity (Wildman–Crippen MR) is 117 cm³/mol. The lowest BCUT2D eigenvalue weighted by Crippen LogP contribution is -2.18. The molecule has 30 heavy (non-hydrogen) atoms. The first-order valence-corrected chi connectivity index (χ1v) is 10.2. The fourth-order valence-corrected chi connectivity index (χ4v) is 4.33. The largest absolute Gasteiger partial charge is 0.489 e. The van der Waals surface area contributed by atoms with E-state index in [0.717, 1.165) is 15.8 Å². The molecule has 152 valence electrons. The van der Waals surface area contributed by atoms with Crippen LogP contribution in [0.15, 0.2) is 59.0 Å². The molecule has 0 radical (unpaired) electrons. The lowest BCUT2D eigenvalue weighted by atomic mass is 10.1. The van der Waals surface area contributed by atoms with Gasteiger partial charge in [0.15, 0.2) is 5.76 Å². The zero-order chi connectivity index (χ0) is 21.3. The van der Waals surface area contributed by atoms with Crippen molar-refractivity contribution < 1.29 is 18.7 Å². The van der Waals surface area contributed by atoms with Crippen LogP contribution in [0.5, 0.6) is 5.75 Å². The molecule has 7 heteroatoms. The summed E-state index contributed by atoms with van der Waals surface area (Å²) < 4.78 is 11.7. The number of nitrogens with one attached hydrogen (secondary N) is 1. The number of benzene rings is 2. The maximum absolute atomic E-state index is 13.1. The molecule has 0 bridgehead atoms. The van der Waals surface area contributed by atoms with Crippen molar-refractivity contribution in [3.05, 3.63) is 81.9 Å². The molecule has 0 saturated carbocycles. The Labute approximate surface area is 177 Å². The van der Waals surface area contributed by atoms with E-state index in [-0.39, 0.29) is 12.4 Å². The van der Waals surface area contributed by atoms with Crippen LogP contribution in [0.3, 0.4) is 0 Å². The van der Waals surface area contributed by atoms with Gasteiger partial charge in [-0.25, -0.2) is 0 Å². The second kappa shape index (κ2) is 8.04. The van der Waals surface area contributed by atoms with Crippen molar-refractivity contribution in [2.75, 3.05) is 5.32 Å². The van der Waals surface area contributed by atoms with Crippen LogP contribution < -0.4 is 15.8 Å². The number of carbonyl (C=O) groups excluding carboxylic acids is 2. The molecule has 2 aromatic carbocycles. The van der Waals surface area contributed by atoms with Gasteiger partial charge in [0.1, 0.15) is 22.9 Å². The number of aryl methyl sites for hydroxylation is 1. The van der Waals surface area contributed by atoms with E-state index >= 15 is 0 Å². The van der Waals surface area contributed by atoms with Crippen LogP contribution in [0.4, 0.5) is 5.00 Å². The molecule has 0 atom stereocenters. The Bertz CT molecular complexity index is 1240. The third kappa shape index (κ3) is 3.67. The number of primary amides is 1. The number of para-hydroxylation sites is 2. The Balaban J connectivity index is 1.69. The van der Waals surface area contributed by atoms with Gasteiger partial charge in [0.2, 0.25) is 0 Å². The van der Waals surface area contributed by atoms with Crippen LogP contribution >= 0.6 is 11.3 Å². The standard InChI is InChI=1S/C23H20N2O4S/c1-13-14(2)30-23(19(13)21(24)26)25-22(27)20-17(12-28-15-8-4-3-5-9-15)16-10-6-7-11-18(16)29-20/h3-11H,12H2,1-2H3,(H2,24,26)(H,25,27). The highest BCUT2D eigenvalue weighted by Gasteiger charge is 2.24. The molecule has 6 nitrogen and oxygen atoms in total. The van der Waals surface area contributed by atoms with Crippen LogP contribution in [0.1, 0.15) is 36.9 Å². The zero-order valence-corrected chi connectivity index (χ0v) is 17.3. The highest BCUT2D eigenvalue weighted by molar-refractivity contribution is 7.16. The first-order valence-electron chi connectivity index (χ1n) is 9.35. The molecule has 4 rings (SSSR count). The summed E-state index contributed by atoms with van der Waals surface area (Å²) in [6.07, 6.45) is 0. The number of furan rings is 1. The van der Waals surface area contributed by atoms with Crippen molar-refractivity contribution in [1.29, 1.82) is 0 Å². The molecule has 0 aliphatic carbocycles. The summed E-state index contributed by atoms with van der Waals surface area (Å²) in [4.78, 5) is 25.9. The molecule has 0 saturated heterocycles. The second-order valence-corrected chi connectivity index (χ2v) is 8.04. The number of hydrogen-bond donors (Lipinski definition) is 2. The maximum atomic E-state index is 13.1. The maximum Gasteiger partial charge on any atom is 0.292 e. The summed E-state index contributed by atoms with van der Waals surface area (Å²) in [5.74, 6) is -0.202. The third-order valence-electron chi connectivity index (χ3n) is 4.89. The van der Waals surface area contributed by atoms with E-state index in [2.05, 4.69) is 5.32 Å². The molecule has 0 aliphatic heterocycles. The summed E-state index contributed by atoms with van der Waals surface area (Å²) in [5.41, 5.74) is 7.83. The lowest BCUT2D eigenvalue weighted by Gasteiger charge is -2.08. The molecule has 0 spiro atoms. The van der Waals surface area contributed by atoms with Gasteiger partial charge in [0, 0.05) is 15.8 Å². The van der Waals surface area contributed by atoms with Crippen LogP contribution in [-0.2, 0) is 6.61 Å². The molecular formula is C23H20N2O4S. The van der Waals surface area contributed by atoms with Crippen LogP contribution in [0.25, 0.3) is 11.0 Å². The van der Waals surface area contributed by atoms with E-state index < -0.39 is 11.8 Å². The Kier molecular flexibility index (Phi) is 5.29. The summed E-state index contributed by atoms with van der Waals surface area (Å²) >= 11 is 1.31. The average Bonchev–Trinajstić information content (AvgIpc) is 3.24. The van der Waals surface area contributed by atoms with Gasteiger partial charge in [-0.05, 0) is 37.6 Å². The zero-order valence-electron chi connectivity index (χ0n) is 16.5. The van der Waals surface area contributed by atoms with Crippen LogP contribution in [-0.4, -0.2) is 11.8 Å². The normalized spacial score (nSPS) is 10.9. The SMILES string of the molecule is Cc1sc(NC(=O)c2oc3ccccc3c2COc2ccccc2)c(C(N)=O)c1C. The molecule has 2 heterocycles. The molecule has 0 fully saturated rings. The molecular weight excluding hydrogens is 400 g/mol. The minimum absolute atomic E-state index is 0.145. The average molecular weight is 420 g/mol. The van der Waals surface area contributed by atoms with E-state index in [0.29, 0.717) is 27.5 Å². The van der Waals surface area contributed by atoms with Crippen molar-refractivity contribution in [3.63, 3.8) is 0 Å². The Morgan fingerprint density at radius 3 is 2.50 bits per heavy atom. The predicted octanol–water partition coefficient (Wildman–Crippen LogP) is 5.04. The number of carbonyl (C=O) groups is 2. The number of rotatable bonds is 6. The highest BCUT2D eigenvalue weighted by atomic mass is 32.1. The van der Waals surface area contributed by atoms with Gasteiger partial charge < -0.3 is 20.2 Å². The van der Waals surface area contributed by atoms with Crippen molar-refractivity contribution >= 4 is 39.1 Å². The molecule has 0 aliphatic rings. The van der Waals surface area contributed by atoms with Gasteiger partial charge in [-0.1, -0.05) is 36.4 Å². The lowest BCUT2D eigenvalue weighted by molar-refractivity contribution is 0.0995. The third-order valence-corrected chi connectivity index (χ3v) is 6.01. The van der Waals surface area contributed by atoms with Crippen molar-refractivity contribution in [3.8, 4) is 5.75 Å². The van der Waals surface area contributed by atoms with Crippen molar-refractivity contribution in [2.45, 2.75) is 20.5 Å². The fraction of sp³-hybridized carbons (Fsp3) is 0.130. The molecule has 0 unspecified atom stereocenters. The van der Waals surface area contributed by atoms with Crippen molar-refractivity contribution in [2.24, 2.45) is 5.73 Å². The summed E-state index contributed by atoms with van der Waals surface area (Å²) in [6.45, 7) is 3.85. The van der Waals surface area contributed by atoms with E-state index in [1.807, 2.05) is 62.4 Å². The minimum Gasteiger partial charge on any atom is -0.489 e. The number of hydrogen-bond acceptors (Lipinski definition) is 5. The van der Waals surface area contributed by atoms with Gasteiger partial charge in [0.25, 0.3) is 11.8 Å². The molecule has 2 amide bonds. The second-order valence-electron chi connectivity index (χ2n) is 6.81. The summed E-state index contributed by atoms with van der Waals surface area (Å²) in [7, 11) is 0. The first-order chi connectivity index (χ1) is 14.5. The number of thiophene rings is 1. The summed E-state index contributed by atoms with van der Waals surface area (Å²) in [6, 6.07) is 16.7. The van der Waals surface area contributed by atoms with E-state index in [9.17, 15) is 9.59 Å². The Morgan fingerprint density at radius 2 is 1.77 bits per heavy atom. The van der Waals surface area contributed by atoms with E-state index in [1.54, 1.807) is 6.07 Å². The van der Waals surface area contributed by atoms with Gasteiger partial charge >= 0.3 is 0 Å². The van der Waals surface area contributed by atoms with Gasteiger partial charge in [-0.3, -0.25) is 9.59 Å². The quantitative estimate of drug-likeness (QED) is 0.457. The fourth-order valence-electron chi connectivity index (χ4n) is 3.27. The minimum atomic E-state index is -0.579. The molecule has 4 aromatic rings. The monoisotopic (exact) mass is 420 g/mol. The Hall–Kier alpha value is -3.58. The van der Waals surface area contributed by atoms with E-state index in [4.69, 9.17) is 14.9 Å². The first kappa shape index (κ1) is 19.7. The van der Waals surface area contributed by atoms with Gasteiger partial charge in [0.05, 0.1) is 5.56 Å². The Morgan fingerprint density at radius 1 is 1.07 bits per heavy atom.